The lowest BCUT2D eigenvalue weighted by molar-refractivity contribution is 0.213. The van der Waals surface area contributed by atoms with Gasteiger partial charge in [-0.05, 0) is 50.4 Å². The van der Waals surface area contributed by atoms with Crippen molar-refractivity contribution in [3.8, 4) is 5.75 Å². The van der Waals surface area contributed by atoms with E-state index in [0.29, 0.717) is 5.75 Å². The van der Waals surface area contributed by atoms with E-state index in [0.717, 1.165) is 23.7 Å². The van der Waals surface area contributed by atoms with Gasteiger partial charge in [0.25, 0.3) is 0 Å². The Morgan fingerprint density at radius 1 is 1.05 bits per heavy atom. The number of phenols is 1. The zero-order valence-electron chi connectivity index (χ0n) is 12.6. The Labute approximate surface area is 117 Å². The maximum absolute atomic E-state index is 9.84. The number of benzene rings is 1. The molecule has 1 aliphatic rings. The number of aromatic hydroxyl groups is 1. The predicted octanol–water partition coefficient (Wildman–Crippen LogP) is 4.16. The molecule has 0 atom stereocenters. The zero-order valence-corrected chi connectivity index (χ0v) is 12.6. The third-order valence-electron chi connectivity index (χ3n) is 4.43. The summed E-state index contributed by atoms with van der Waals surface area (Å²) in [5, 5.41) is 9.84. The van der Waals surface area contributed by atoms with Crippen LogP contribution in [0.25, 0.3) is 0 Å². The predicted molar refractivity (Wildman–Crippen MR) is 80.5 cm³/mol. The van der Waals surface area contributed by atoms with Crippen molar-refractivity contribution in [2.45, 2.75) is 65.0 Å². The third kappa shape index (κ3) is 3.73. The molecule has 0 spiro atoms. The fraction of sp³-hybridized carbons (Fsp3) is 0.647. The highest BCUT2D eigenvalue weighted by molar-refractivity contribution is 5.42. The molecular formula is C17H27NO. The standard InChI is InChI=1S/C17H27NO/c1-13-10-15(11-14(2)17(13)19)12-18(3)16-8-6-4-5-7-9-16/h10-11,16,19H,4-9,12H2,1-3H3. The molecule has 2 nitrogen and oxygen atoms in total. The number of hydrogen-bond donors (Lipinski definition) is 1. The highest BCUT2D eigenvalue weighted by Gasteiger charge is 2.17. The second kappa shape index (κ2) is 6.42. The third-order valence-corrected chi connectivity index (χ3v) is 4.43. The van der Waals surface area contributed by atoms with Crippen molar-refractivity contribution >= 4 is 0 Å². The van der Waals surface area contributed by atoms with Crippen LogP contribution in [0.3, 0.4) is 0 Å². The maximum Gasteiger partial charge on any atom is 0.121 e. The molecule has 106 valence electrons. The first-order valence-corrected chi connectivity index (χ1v) is 7.57. The molecule has 1 N–H and O–H groups in total. The van der Waals surface area contributed by atoms with Gasteiger partial charge in [0.1, 0.15) is 5.75 Å². The second-order valence-corrected chi connectivity index (χ2v) is 6.14. The number of phenolic OH excluding ortho intramolecular Hbond substituents is 1. The molecule has 1 aromatic carbocycles. The van der Waals surface area contributed by atoms with E-state index in [2.05, 4.69) is 24.1 Å². The molecule has 0 heterocycles. The summed E-state index contributed by atoms with van der Waals surface area (Å²) in [5.41, 5.74) is 3.30. The molecule has 0 bridgehead atoms. The van der Waals surface area contributed by atoms with Gasteiger partial charge in [-0.1, -0.05) is 37.8 Å². The van der Waals surface area contributed by atoms with Crippen molar-refractivity contribution in [3.63, 3.8) is 0 Å². The van der Waals surface area contributed by atoms with Crippen LogP contribution in [0.1, 0.15) is 55.2 Å². The van der Waals surface area contributed by atoms with Gasteiger partial charge in [-0.2, -0.15) is 0 Å². The van der Waals surface area contributed by atoms with Crippen LogP contribution in [-0.4, -0.2) is 23.1 Å². The van der Waals surface area contributed by atoms with Crippen molar-refractivity contribution in [3.05, 3.63) is 28.8 Å². The van der Waals surface area contributed by atoms with Crippen LogP contribution in [0.5, 0.6) is 5.75 Å². The SMILES string of the molecule is Cc1cc(CN(C)C2CCCCCC2)cc(C)c1O. The topological polar surface area (TPSA) is 23.5 Å². The van der Waals surface area contributed by atoms with Gasteiger partial charge >= 0.3 is 0 Å². The van der Waals surface area contributed by atoms with Gasteiger partial charge in [0, 0.05) is 12.6 Å². The summed E-state index contributed by atoms with van der Waals surface area (Å²) in [6, 6.07) is 4.97. The Hall–Kier alpha value is -1.02. The van der Waals surface area contributed by atoms with Crippen molar-refractivity contribution in [1.82, 2.24) is 4.90 Å². The fourth-order valence-electron chi connectivity index (χ4n) is 3.25. The smallest absolute Gasteiger partial charge is 0.121 e. The van der Waals surface area contributed by atoms with Crippen LogP contribution in [0.15, 0.2) is 12.1 Å². The van der Waals surface area contributed by atoms with E-state index >= 15 is 0 Å². The molecule has 0 saturated heterocycles. The monoisotopic (exact) mass is 261 g/mol. The number of rotatable bonds is 3. The summed E-state index contributed by atoms with van der Waals surface area (Å²) in [4.78, 5) is 2.50. The van der Waals surface area contributed by atoms with E-state index in [1.807, 2.05) is 13.8 Å². The van der Waals surface area contributed by atoms with E-state index in [4.69, 9.17) is 0 Å². The summed E-state index contributed by atoms with van der Waals surface area (Å²) in [6.07, 6.45) is 8.24. The molecule has 0 aliphatic heterocycles. The van der Waals surface area contributed by atoms with Crippen molar-refractivity contribution in [1.29, 1.82) is 0 Å². The largest absolute Gasteiger partial charge is 0.507 e. The Bertz CT molecular complexity index is 396. The zero-order chi connectivity index (χ0) is 13.8. The summed E-state index contributed by atoms with van der Waals surface area (Å²) in [6.45, 7) is 4.96. The fourth-order valence-corrected chi connectivity index (χ4v) is 3.25. The number of hydrogen-bond acceptors (Lipinski definition) is 2. The molecule has 1 aliphatic carbocycles. The lowest BCUT2D eigenvalue weighted by Crippen LogP contribution is -2.30. The quantitative estimate of drug-likeness (QED) is 0.826. The van der Waals surface area contributed by atoms with Gasteiger partial charge in [0.05, 0.1) is 0 Å². The average molecular weight is 261 g/mol. The summed E-state index contributed by atoms with van der Waals surface area (Å²) >= 11 is 0. The lowest BCUT2D eigenvalue weighted by atomic mass is 10.0. The first-order valence-electron chi connectivity index (χ1n) is 7.57. The normalized spacial score (nSPS) is 17.7. The van der Waals surface area contributed by atoms with Gasteiger partial charge in [-0.25, -0.2) is 0 Å². The van der Waals surface area contributed by atoms with Crippen LogP contribution in [0.4, 0.5) is 0 Å². The molecule has 0 radical (unpaired) electrons. The van der Waals surface area contributed by atoms with Gasteiger partial charge in [-0.15, -0.1) is 0 Å². The van der Waals surface area contributed by atoms with E-state index in [9.17, 15) is 5.11 Å². The van der Waals surface area contributed by atoms with Crippen LogP contribution in [0, 0.1) is 13.8 Å². The van der Waals surface area contributed by atoms with Gasteiger partial charge in [0.15, 0.2) is 0 Å². The van der Waals surface area contributed by atoms with Crippen LogP contribution < -0.4 is 0 Å². The van der Waals surface area contributed by atoms with E-state index in [1.165, 1.54) is 44.1 Å². The highest BCUT2D eigenvalue weighted by atomic mass is 16.3. The Balaban J connectivity index is 2.03. The van der Waals surface area contributed by atoms with Crippen LogP contribution in [0.2, 0.25) is 0 Å². The van der Waals surface area contributed by atoms with Crippen LogP contribution in [-0.2, 0) is 6.54 Å². The number of nitrogens with zero attached hydrogens (tertiary/aromatic N) is 1. The molecule has 2 rings (SSSR count). The van der Waals surface area contributed by atoms with E-state index in [-0.39, 0.29) is 0 Å². The van der Waals surface area contributed by atoms with Crippen molar-refractivity contribution in [2.24, 2.45) is 0 Å². The van der Waals surface area contributed by atoms with E-state index in [1.54, 1.807) is 0 Å². The van der Waals surface area contributed by atoms with Crippen molar-refractivity contribution < 1.29 is 5.11 Å². The molecule has 0 unspecified atom stereocenters. The molecule has 0 amide bonds. The first kappa shape index (κ1) is 14.4. The Morgan fingerprint density at radius 3 is 2.11 bits per heavy atom. The molecule has 1 saturated carbocycles. The van der Waals surface area contributed by atoms with Gasteiger partial charge in [-0.3, -0.25) is 4.90 Å². The van der Waals surface area contributed by atoms with Crippen molar-refractivity contribution in [2.75, 3.05) is 7.05 Å². The van der Waals surface area contributed by atoms with Gasteiger partial charge in [0.2, 0.25) is 0 Å². The summed E-state index contributed by atoms with van der Waals surface area (Å²) < 4.78 is 0. The molecule has 1 fully saturated rings. The molecule has 0 aromatic heterocycles. The minimum absolute atomic E-state index is 0.445. The maximum atomic E-state index is 9.84. The molecule has 19 heavy (non-hydrogen) atoms. The first-order chi connectivity index (χ1) is 9.08. The summed E-state index contributed by atoms with van der Waals surface area (Å²) in [7, 11) is 2.24. The average Bonchev–Trinajstić information content (AvgIpc) is 2.64. The minimum atomic E-state index is 0.445. The molecule has 2 heteroatoms. The van der Waals surface area contributed by atoms with E-state index < -0.39 is 0 Å². The van der Waals surface area contributed by atoms with Crippen LogP contribution >= 0.6 is 0 Å². The second-order valence-electron chi connectivity index (χ2n) is 6.14. The number of aryl methyl sites for hydroxylation is 2. The highest BCUT2D eigenvalue weighted by Crippen LogP contribution is 2.26. The summed E-state index contributed by atoms with van der Waals surface area (Å²) in [5.74, 6) is 0.445. The Kier molecular flexibility index (Phi) is 4.87. The van der Waals surface area contributed by atoms with Gasteiger partial charge < -0.3 is 5.11 Å². The molecular weight excluding hydrogens is 234 g/mol. The minimum Gasteiger partial charge on any atom is -0.507 e. The molecule has 1 aromatic rings. The lowest BCUT2D eigenvalue weighted by Gasteiger charge is -2.27. The Morgan fingerprint density at radius 2 is 1.58 bits per heavy atom.